The first-order chi connectivity index (χ1) is 18.2. The molecule has 4 rings (SSSR count). The lowest BCUT2D eigenvalue weighted by molar-refractivity contribution is -0.258. The zero-order chi connectivity index (χ0) is 28.6. The van der Waals surface area contributed by atoms with Crippen molar-refractivity contribution in [2.24, 2.45) is 0 Å². The Morgan fingerprint density at radius 1 is 1.10 bits per heavy atom. The molecule has 0 saturated carbocycles. The Kier molecular flexibility index (Phi) is 8.60. The molecule has 6 nitrogen and oxygen atoms in total. The van der Waals surface area contributed by atoms with E-state index in [0.717, 1.165) is 12.1 Å². The normalized spacial score (nSPS) is 21.4. The molecule has 1 fully saturated rings. The van der Waals surface area contributed by atoms with Gasteiger partial charge in [-0.2, -0.15) is 17.5 Å². The van der Waals surface area contributed by atoms with E-state index in [0.29, 0.717) is 28.8 Å². The number of rotatable bonds is 7. The first-order valence-electron chi connectivity index (χ1n) is 11.9. The summed E-state index contributed by atoms with van der Waals surface area (Å²) in [5, 5.41) is 10.0. The number of alkyl halides is 3. The fourth-order valence-electron chi connectivity index (χ4n) is 4.42. The van der Waals surface area contributed by atoms with Crippen LogP contribution in [-0.2, 0) is 26.8 Å². The highest BCUT2D eigenvalue weighted by molar-refractivity contribution is 7.96. The predicted molar refractivity (Wildman–Crippen MR) is 146 cm³/mol. The van der Waals surface area contributed by atoms with E-state index in [1.54, 1.807) is 17.1 Å². The Hall–Kier alpha value is -2.29. The molecule has 0 unspecified atom stereocenters. The number of thiocarbonyl (C=S) groups is 1. The fraction of sp³-hybridized carbons (Fsp3) is 0.346. The summed E-state index contributed by atoms with van der Waals surface area (Å²) in [4.78, 5) is 2.46. The number of hydrogen-bond acceptors (Lipinski definition) is 6. The Labute approximate surface area is 232 Å². The van der Waals surface area contributed by atoms with Gasteiger partial charge in [0.1, 0.15) is 11.6 Å². The third-order valence-electron chi connectivity index (χ3n) is 6.76. The van der Waals surface area contributed by atoms with Gasteiger partial charge in [-0.25, -0.2) is 12.8 Å². The van der Waals surface area contributed by atoms with E-state index in [1.807, 2.05) is 0 Å². The maximum absolute atomic E-state index is 13.4. The highest BCUT2D eigenvalue weighted by Crippen LogP contribution is 2.39. The van der Waals surface area contributed by atoms with Crippen LogP contribution in [0, 0.1) is 5.82 Å². The van der Waals surface area contributed by atoms with Crippen LogP contribution in [0.2, 0.25) is 0 Å². The van der Waals surface area contributed by atoms with Gasteiger partial charge in [0, 0.05) is 36.6 Å². The number of allylic oxidation sites excluding steroid dienone is 4. The molecule has 1 N–H and O–H groups in total. The van der Waals surface area contributed by atoms with Gasteiger partial charge in [-0.3, -0.25) is 0 Å². The molecule has 2 aromatic rings. The second kappa shape index (κ2) is 11.3. The van der Waals surface area contributed by atoms with Crippen molar-refractivity contribution in [3.8, 4) is 0 Å². The van der Waals surface area contributed by atoms with Crippen LogP contribution < -0.4 is 4.90 Å². The van der Waals surface area contributed by atoms with Crippen LogP contribution in [0.4, 0.5) is 23.2 Å². The smallest absolute Gasteiger partial charge is 0.421 e. The summed E-state index contributed by atoms with van der Waals surface area (Å²) in [6, 6.07) is 9.65. The molecule has 1 aliphatic carbocycles. The lowest BCUT2D eigenvalue weighted by Gasteiger charge is -2.42. The molecular formula is C26H26F4N2O4S3. The molecular weight excluding hydrogens is 576 g/mol. The van der Waals surface area contributed by atoms with E-state index in [-0.39, 0.29) is 35.9 Å². The number of nitrogens with zero attached hydrogens (tertiary/aromatic N) is 2. The van der Waals surface area contributed by atoms with E-state index in [1.165, 1.54) is 46.8 Å². The fourth-order valence-corrected chi connectivity index (χ4v) is 7.76. The van der Waals surface area contributed by atoms with Crippen molar-refractivity contribution in [3.05, 3.63) is 83.0 Å². The van der Waals surface area contributed by atoms with Gasteiger partial charge in [0.25, 0.3) is 0 Å². The Bertz CT molecular complexity index is 1380. The lowest BCUT2D eigenvalue weighted by atomic mass is 9.95. The molecule has 2 aromatic carbocycles. The Morgan fingerprint density at radius 2 is 1.74 bits per heavy atom. The Balaban J connectivity index is 1.64. The van der Waals surface area contributed by atoms with E-state index in [9.17, 15) is 35.6 Å². The standard InChI is InChI=1S/C26H26F4N2O4S3/c1-25(33,26(28,29)30)18-6-10-20(11-7-18)32-15-14-31(39(35,36)24-5-3-2-4-23(24)37)16-21(32)17-38(34)22-12-8-19(27)9-13-22/h2-3,5-13,21,33H,4,14-17H2,1H3/t21-,25-,38+/m1/s1. The van der Waals surface area contributed by atoms with Gasteiger partial charge in [0.05, 0.1) is 10.9 Å². The summed E-state index contributed by atoms with van der Waals surface area (Å²) in [5.74, 6) is -0.517. The molecule has 0 amide bonds. The molecule has 1 heterocycles. The van der Waals surface area contributed by atoms with Crippen molar-refractivity contribution in [1.82, 2.24) is 4.31 Å². The van der Waals surface area contributed by atoms with Gasteiger partial charge in [-0.1, -0.05) is 36.5 Å². The quantitative estimate of drug-likeness (QED) is 0.287. The van der Waals surface area contributed by atoms with Crippen LogP contribution in [0.15, 0.2) is 76.6 Å². The van der Waals surface area contributed by atoms with Crippen molar-refractivity contribution in [2.45, 2.75) is 36.1 Å². The largest absolute Gasteiger partial charge is 0.611 e. The molecule has 3 atom stereocenters. The Morgan fingerprint density at radius 3 is 2.33 bits per heavy atom. The monoisotopic (exact) mass is 602 g/mol. The number of halogens is 4. The van der Waals surface area contributed by atoms with Crippen molar-refractivity contribution >= 4 is 44.0 Å². The van der Waals surface area contributed by atoms with Crippen molar-refractivity contribution in [2.75, 3.05) is 30.3 Å². The van der Waals surface area contributed by atoms with Crippen LogP contribution in [0.5, 0.6) is 0 Å². The highest BCUT2D eigenvalue weighted by Gasteiger charge is 2.51. The SMILES string of the molecule is C[C@@](O)(c1ccc(N2CCN(S(=O)(=O)C3=CC=CCC3=S)C[C@@H]2C[S@+]([O-])c2ccc(F)cc2)cc1)C(F)(F)F. The molecule has 0 radical (unpaired) electrons. The molecule has 0 bridgehead atoms. The minimum absolute atomic E-state index is 0.0247. The summed E-state index contributed by atoms with van der Waals surface area (Å²) in [7, 11) is -3.95. The molecule has 2 aliphatic rings. The average Bonchev–Trinajstić information content (AvgIpc) is 2.88. The zero-order valence-corrected chi connectivity index (χ0v) is 23.2. The third kappa shape index (κ3) is 6.23. The van der Waals surface area contributed by atoms with Gasteiger partial charge in [0.15, 0.2) is 10.5 Å². The summed E-state index contributed by atoms with van der Waals surface area (Å²) in [5.41, 5.74) is -2.93. The van der Waals surface area contributed by atoms with Gasteiger partial charge >= 0.3 is 6.18 Å². The van der Waals surface area contributed by atoms with E-state index in [2.05, 4.69) is 0 Å². The number of piperazine rings is 1. The molecule has 13 heteroatoms. The van der Waals surface area contributed by atoms with Crippen LogP contribution in [0.25, 0.3) is 0 Å². The van der Waals surface area contributed by atoms with Crippen molar-refractivity contribution in [1.29, 1.82) is 0 Å². The molecule has 39 heavy (non-hydrogen) atoms. The minimum Gasteiger partial charge on any atom is -0.611 e. The summed E-state index contributed by atoms with van der Waals surface area (Å²) in [6.07, 6.45) is 0.273. The van der Waals surface area contributed by atoms with Gasteiger partial charge in [-0.05, 0) is 66.1 Å². The molecule has 0 aromatic heterocycles. The van der Waals surface area contributed by atoms with Crippen LogP contribution in [-0.4, -0.2) is 64.9 Å². The predicted octanol–water partition coefficient (Wildman–Crippen LogP) is 4.44. The maximum atomic E-state index is 13.4. The first-order valence-corrected chi connectivity index (χ1v) is 15.1. The van der Waals surface area contributed by atoms with Gasteiger partial charge < -0.3 is 14.6 Å². The zero-order valence-electron chi connectivity index (χ0n) is 20.8. The number of anilines is 1. The van der Waals surface area contributed by atoms with E-state index in [4.69, 9.17) is 12.2 Å². The van der Waals surface area contributed by atoms with Crippen LogP contribution >= 0.6 is 12.2 Å². The van der Waals surface area contributed by atoms with Crippen LogP contribution in [0.1, 0.15) is 18.9 Å². The molecule has 210 valence electrons. The first kappa shape index (κ1) is 29.7. The maximum Gasteiger partial charge on any atom is 0.421 e. The van der Waals surface area contributed by atoms with Gasteiger partial charge in [0.2, 0.25) is 10.0 Å². The van der Waals surface area contributed by atoms with Crippen LogP contribution in [0.3, 0.4) is 0 Å². The number of hydrogen-bond donors (Lipinski definition) is 1. The summed E-state index contributed by atoms with van der Waals surface area (Å²) in [6.45, 7) is 0.837. The number of aliphatic hydroxyl groups is 1. The molecule has 1 aliphatic heterocycles. The van der Waals surface area contributed by atoms with Crippen molar-refractivity contribution in [3.63, 3.8) is 0 Å². The second-order valence-corrected chi connectivity index (χ2v) is 13.3. The topological polar surface area (TPSA) is 83.9 Å². The lowest BCUT2D eigenvalue weighted by Crippen LogP contribution is -2.57. The van der Waals surface area contributed by atoms with E-state index >= 15 is 0 Å². The van der Waals surface area contributed by atoms with E-state index < -0.39 is 44.8 Å². The number of sulfonamides is 1. The molecule has 0 spiro atoms. The highest BCUT2D eigenvalue weighted by atomic mass is 32.2. The minimum atomic E-state index is -4.88. The third-order valence-corrected chi connectivity index (χ3v) is 10.7. The number of benzene rings is 2. The summed E-state index contributed by atoms with van der Waals surface area (Å²) < 4.78 is 94.7. The molecule has 1 saturated heterocycles. The van der Waals surface area contributed by atoms with Gasteiger partial charge in [-0.15, -0.1) is 0 Å². The summed E-state index contributed by atoms with van der Waals surface area (Å²) >= 11 is 3.63. The van der Waals surface area contributed by atoms with Crippen molar-refractivity contribution < 1.29 is 35.6 Å². The average molecular weight is 603 g/mol. The second-order valence-electron chi connectivity index (χ2n) is 9.38.